The van der Waals surface area contributed by atoms with E-state index < -0.39 is 6.16 Å². The molecule has 0 bridgehead atoms. The predicted octanol–water partition coefficient (Wildman–Crippen LogP) is 3.79. The van der Waals surface area contributed by atoms with E-state index in [1.807, 2.05) is 6.92 Å². The molecule has 1 aliphatic heterocycles. The quantitative estimate of drug-likeness (QED) is 0.588. The first-order chi connectivity index (χ1) is 9.42. The summed E-state index contributed by atoms with van der Waals surface area (Å²) in [6.45, 7) is 12.7. The van der Waals surface area contributed by atoms with Crippen molar-refractivity contribution in [2.45, 2.75) is 53.1 Å². The minimum Gasteiger partial charge on any atom is -0.431 e. The van der Waals surface area contributed by atoms with Crippen LogP contribution in [-0.2, 0) is 9.47 Å². The van der Waals surface area contributed by atoms with Crippen molar-refractivity contribution in [3.05, 3.63) is 12.7 Å². The van der Waals surface area contributed by atoms with Crippen LogP contribution in [0.2, 0.25) is 0 Å². The molecule has 1 heterocycles. The van der Waals surface area contributed by atoms with Crippen LogP contribution in [0.4, 0.5) is 4.79 Å². The second-order valence-corrected chi connectivity index (χ2v) is 5.75. The monoisotopic (exact) mass is 286 g/mol. The maximum atomic E-state index is 9.80. The van der Waals surface area contributed by atoms with Crippen molar-refractivity contribution in [2.75, 3.05) is 13.2 Å². The molecule has 1 saturated carbocycles. The molecule has 2 aliphatic rings. The van der Waals surface area contributed by atoms with Crippen molar-refractivity contribution in [3.63, 3.8) is 0 Å². The fraction of sp³-hybridized carbons (Fsp3) is 0.812. The molecule has 2 fully saturated rings. The lowest BCUT2D eigenvalue weighted by molar-refractivity contribution is 0.0266. The van der Waals surface area contributed by atoms with Crippen molar-refractivity contribution in [2.24, 2.45) is 17.8 Å². The minimum absolute atomic E-state index is 0.0289. The molecule has 118 valence electrons. The van der Waals surface area contributed by atoms with E-state index in [2.05, 4.69) is 36.8 Å². The number of aliphatic hydroxyl groups excluding tert-OH is 1. The van der Waals surface area contributed by atoms with Crippen molar-refractivity contribution >= 4 is 6.16 Å². The van der Waals surface area contributed by atoms with Gasteiger partial charge in [-0.15, -0.1) is 6.58 Å². The molecule has 1 N–H and O–H groups in total. The fourth-order valence-corrected chi connectivity index (χ4v) is 2.44. The van der Waals surface area contributed by atoms with Crippen LogP contribution in [0.1, 0.15) is 47.0 Å². The smallest absolute Gasteiger partial charge is 0.431 e. The third kappa shape index (κ3) is 8.20. The molecule has 0 aromatic heterocycles. The molecule has 1 aliphatic carbocycles. The zero-order chi connectivity index (χ0) is 15.5. The highest BCUT2D eigenvalue weighted by Gasteiger charge is 2.28. The second-order valence-electron chi connectivity index (χ2n) is 5.75. The van der Waals surface area contributed by atoms with E-state index in [-0.39, 0.29) is 6.10 Å². The van der Waals surface area contributed by atoms with Crippen LogP contribution in [0.25, 0.3) is 0 Å². The van der Waals surface area contributed by atoms with Crippen LogP contribution < -0.4 is 0 Å². The summed E-state index contributed by atoms with van der Waals surface area (Å²) in [7, 11) is 0. The maximum absolute atomic E-state index is 9.80. The number of hydrogen-bond acceptors (Lipinski definition) is 4. The Morgan fingerprint density at radius 3 is 2.10 bits per heavy atom. The van der Waals surface area contributed by atoms with E-state index in [1.165, 1.54) is 12.8 Å². The summed E-state index contributed by atoms with van der Waals surface area (Å²) in [5.41, 5.74) is 0. The van der Waals surface area contributed by atoms with Gasteiger partial charge < -0.3 is 14.6 Å². The third-order valence-corrected chi connectivity index (χ3v) is 3.51. The summed E-state index contributed by atoms with van der Waals surface area (Å²) in [5.74, 6) is 1.95. The Morgan fingerprint density at radius 1 is 1.30 bits per heavy atom. The molecule has 3 unspecified atom stereocenters. The summed E-state index contributed by atoms with van der Waals surface area (Å²) < 4.78 is 8.58. The van der Waals surface area contributed by atoms with Gasteiger partial charge >= 0.3 is 6.16 Å². The number of carbonyl (C=O) groups excluding carboxylic acids is 1. The lowest BCUT2D eigenvalue weighted by Gasteiger charge is -2.33. The lowest BCUT2D eigenvalue weighted by Crippen LogP contribution is -2.31. The van der Waals surface area contributed by atoms with Crippen LogP contribution in [0, 0.1) is 17.8 Å². The van der Waals surface area contributed by atoms with E-state index in [0.29, 0.717) is 25.0 Å². The molecule has 20 heavy (non-hydrogen) atoms. The molecular formula is C16H30O4. The standard InChI is InChI=1S/C10H20O.C3H4O3.C3H6/c1-7(2)9-5-4-8(3)6-10(9)11;4-3-5-1-2-6-3;1-3-2/h7-11H,4-6H2,1-3H3;1-2H2;3H,1H2,2H3. The second kappa shape index (κ2) is 10.7. The Balaban J connectivity index is 0.000000336. The summed E-state index contributed by atoms with van der Waals surface area (Å²) in [4.78, 5) is 9.80. The van der Waals surface area contributed by atoms with Crippen molar-refractivity contribution < 1.29 is 19.4 Å². The summed E-state index contributed by atoms with van der Waals surface area (Å²) in [6, 6.07) is 0. The molecule has 0 aromatic carbocycles. The maximum Gasteiger partial charge on any atom is 0.508 e. The zero-order valence-corrected chi connectivity index (χ0v) is 13.3. The molecule has 0 aromatic rings. The molecule has 0 amide bonds. The molecule has 3 atom stereocenters. The molecule has 2 rings (SSSR count). The van der Waals surface area contributed by atoms with Crippen molar-refractivity contribution in [1.29, 1.82) is 0 Å². The third-order valence-electron chi connectivity index (χ3n) is 3.51. The number of aliphatic hydroxyl groups is 1. The van der Waals surface area contributed by atoms with Gasteiger partial charge in [-0.05, 0) is 37.5 Å². The van der Waals surface area contributed by atoms with Crippen molar-refractivity contribution in [3.8, 4) is 0 Å². The Morgan fingerprint density at radius 2 is 1.80 bits per heavy atom. The Labute approximate surface area is 123 Å². The highest BCUT2D eigenvalue weighted by atomic mass is 16.8. The molecular weight excluding hydrogens is 256 g/mol. The summed E-state index contributed by atoms with van der Waals surface area (Å²) in [6.07, 6.45) is 4.72. The predicted molar refractivity (Wildman–Crippen MR) is 80.5 cm³/mol. The SMILES string of the molecule is C=CC.CC1CCC(C(C)C)C(O)C1.O=C1OCCO1. The molecule has 1 saturated heterocycles. The molecule has 0 spiro atoms. The van der Waals surface area contributed by atoms with Gasteiger partial charge in [0.1, 0.15) is 13.2 Å². The average molecular weight is 286 g/mol. The van der Waals surface area contributed by atoms with E-state index in [4.69, 9.17) is 0 Å². The van der Waals surface area contributed by atoms with Gasteiger partial charge in [0.2, 0.25) is 0 Å². The fourth-order valence-electron chi connectivity index (χ4n) is 2.44. The van der Waals surface area contributed by atoms with E-state index in [1.54, 1.807) is 6.08 Å². The molecule has 4 heteroatoms. The first kappa shape index (κ1) is 19.0. The lowest BCUT2D eigenvalue weighted by atomic mass is 9.75. The number of cyclic esters (lactones) is 2. The Kier molecular flexibility index (Phi) is 10.2. The highest BCUT2D eigenvalue weighted by molar-refractivity contribution is 5.61. The Bertz CT molecular complexity index is 268. The van der Waals surface area contributed by atoms with Gasteiger partial charge in [-0.1, -0.05) is 33.3 Å². The first-order valence-corrected chi connectivity index (χ1v) is 7.47. The van der Waals surface area contributed by atoms with Crippen LogP contribution in [0.3, 0.4) is 0 Å². The number of allylic oxidation sites excluding steroid dienone is 1. The molecule has 0 radical (unpaired) electrons. The van der Waals surface area contributed by atoms with Crippen LogP contribution in [-0.4, -0.2) is 30.6 Å². The van der Waals surface area contributed by atoms with Gasteiger partial charge in [0, 0.05) is 0 Å². The minimum atomic E-state index is -0.546. The number of hydrogen-bond donors (Lipinski definition) is 1. The number of carbonyl (C=O) groups is 1. The van der Waals surface area contributed by atoms with Crippen LogP contribution >= 0.6 is 0 Å². The van der Waals surface area contributed by atoms with Crippen molar-refractivity contribution in [1.82, 2.24) is 0 Å². The normalized spacial score (nSPS) is 28.3. The largest absolute Gasteiger partial charge is 0.508 e. The van der Waals surface area contributed by atoms with Gasteiger partial charge in [0.15, 0.2) is 0 Å². The van der Waals surface area contributed by atoms with Crippen LogP contribution in [0.5, 0.6) is 0 Å². The van der Waals surface area contributed by atoms with Gasteiger partial charge in [0.05, 0.1) is 6.10 Å². The molecule has 4 nitrogen and oxygen atoms in total. The summed E-state index contributed by atoms with van der Waals surface area (Å²) in [5, 5.41) is 9.71. The zero-order valence-electron chi connectivity index (χ0n) is 13.3. The highest BCUT2D eigenvalue weighted by Crippen LogP contribution is 2.33. The van der Waals surface area contributed by atoms with E-state index >= 15 is 0 Å². The van der Waals surface area contributed by atoms with Gasteiger partial charge in [0.25, 0.3) is 0 Å². The van der Waals surface area contributed by atoms with E-state index in [0.717, 1.165) is 12.3 Å². The Hall–Kier alpha value is -1.03. The average Bonchev–Trinajstić information content (AvgIpc) is 2.81. The van der Waals surface area contributed by atoms with Gasteiger partial charge in [-0.2, -0.15) is 0 Å². The number of ether oxygens (including phenoxy) is 2. The van der Waals surface area contributed by atoms with Crippen LogP contribution in [0.15, 0.2) is 12.7 Å². The van der Waals surface area contributed by atoms with Gasteiger partial charge in [-0.3, -0.25) is 0 Å². The number of rotatable bonds is 1. The van der Waals surface area contributed by atoms with E-state index in [9.17, 15) is 9.90 Å². The van der Waals surface area contributed by atoms with Gasteiger partial charge in [-0.25, -0.2) is 4.79 Å². The topological polar surface area (TPSA) is 55.8 Å². The summed E-state index contributed by atoms with van der Waals surface area (Å²) >= 11 is 0. The first-order valence-electron chi connectivity index (χ1n) is 7.47.